The van der Waals surface area contributed by atoms with Crippen LogP contribution in [0.15, 0.2) is 29.2 Å². The summed E-state index contributed by atoms with van der Waals surface area (Å²) in [7, 11) is -3.46. The molecule has 0 spiro atoms. The maximum atomic E-state index is 12.4. The molecule has 0 saturated carbocycles. The van der Waals surface area contributed by atoms with Gasteiger partial charge in [-0.05, 0) is 37.6 Å². The van der Waals surface area contributed by atoms with E-state index in [1.807, 2.05) is 26.8 Å². The molecule has 0 heterocycles. The molecule has 0 radical (unpaired) electrons. The Kier molecular flexibility index (Phi) is 4.88. The molecule has 4 nitrogen and oxygen atoms in total. The average molecular weight is 266 g/mol. The Hall–Kier alpha value is -1.38. The van der Waals surface area contributed by atoms with Gasteiger partial charge >= 0.3 is 0 Å². The van der Waals surface area contributed by atoms with Gasteiger partial charge in [0, 0.05) is 12.6 Å². The predicted molar refractivity (Wildman–Crippen MR) is 70.5 cm³/mol. The molecule has 0 aliphatic carbocycles. The Balaban J connectivity index is 3.15. The summed E-state index contributed by atoms with van der Waals surface area (Å²) >= 11 is 0. The van der Waals surface area contributed by atoms with Crippen LogP contribution in [0, 0.1) is 11.3 Å². The van der Waals surface area contributed by atoms with Gasteiger partial charge in [-0.25, -0.2) is 8.42 Å². The van der Waals surface area contributed by atoms with Gasteiger partial charge in [-0.3, -0.25) is 0 Å². The fourth-order valence-corrected chi connectivity index (χ4v) is 3.47. The van der Waals surface area contributed by atoms with Gasteiger partial charge in [0.2, 0.25) is 10.0 Å². The first-order valence-electron chi connectivity index (χ1n) is 5.99. The lowest BCUT2D eigenvalue weighted by molar-refractivity contribution is 0.342. The molecule has 1 rings (SSSR count). The lowest BCUT2D eigenvalue weighted by atomic mass is 10.2. The van der Waals surface area contributed by atoms with Crippen LogP contribution in [0.5, 0.6) is 0 Å². The van der Waals surface area contributed by atoms with Gasteiger partial charge in [0.15, 0.2) is 0 Å². The highest BCUT2D eigenvalue weighted by Gasteiger charge is 2.26. The van der Waals surface area contributed by atoms with Crippen molar-refractivity contribution in [3.05, 3.63) is 29.8 Å². The first-order valence-corrected chi connectivity index (χ1v) is 7.43. The van der Waals surface area contributed by atoms with Crippen molar-refractivity contribution < 1.29 is 8.42 Å². The molecule has 0 amide bonds. The van der Waals surface area contributed by atoms with E-state index >= 15 is 0 Å². The molecule has 1 aromatic rings. The first kappa shape index (κ1) is 14.7. The first-order chi connectivity index (χ1) is 8.47. The number of rotatable bonds is 5. The van der Waals surface area contributed by atoms with Crippen molar-refractivity contribution in [3.8, 4) is 6.07 Å². The molecule has 0 aliphatic rings. The minimum absolute atomic E-state index is 0.0318. The minimum atomic E-state index is -3.46. The summed E-state index contributed by atoms with van der Waals surface area (Å²) < 4.78 is 26.3. The molecule has 18 heavy (non-hydrogen) atoms. The van der Waals surface area contributed by atoms with E-state index in [-0.39, 0.29) is 10.9 Å². The van der Waals surface area contributed by atoms with Gasteiger partial charge in [0.25, 0.3) is 0 Å². The van der Waals surface area contributed by atoms with Crippen LogP contribution in [-0.2, 0) is 10.0 Å². The van der Waals surface area contributed by atoms with E-state index in [0.717, 1.165) is 6.42 Å². The molecule has 0 N–H and O–H groups in total. The number of hydrogen-bond donors (Lipinski definition) is 0. The van der Waals surface area contributed by atoms with E-state index < -0.39 is 10.0 Å². The summed E-state index contributed by atoms with van der Waals surface area (Å²) in [5.74, 6) is 0. The quantitative estimate of drug-likeness (QED) is 0.822. The molecule has 5 heteroatoms. The maximum absolute atomic E-state index is 12.4. The van der Waals surface area contributed by atoms with Gasteiger partial charge in [-0.15, -0.1) is 0 Å². The normalized spacial score (nSPS) is 13.3. The summed E-state index contributed by atoms with van der Waals surface area (Å²) in [6.07, 6.45) is 0.767. The van der Waals surface area contributed by atoms with E-state index in [9.17, 15) is 8.42 Å². The van der Waals surface area contributed by atoms with Crippen LogP contribution in [0.3, 0.4) is 0 Å². The summed E-state index contributed by atoms with van der Waals surface area (Å²) in [5.41, 5.74) is 0.459. The van der Waals surface area contributed by atoms with Crippen LogP contribution < -0.4 is 0 Å². The molecular weight excluding hydrogens is 248 g/mol. The monoisotopic (exact) mass is 266 g/mol. The van der Waals surface area contributed by atoms with Crippen LogP contribution in [-0.4, -0.2) is 25.3 Å². The Bertz CT molecular complexity index is 529. The lowest BCUT2D eigenvalue weighted by Crippen LogP contribution is -2.38. The fraction of sp³-hybridized carbons (Fsp3) is 0.462. The molecule has 1 aromatic carbocycles. The van der Waals surface area contributed by atoms with Gasteiger partial charge in [-0.2, -0.15) is 9.57 Å². The maximum Gasteiger partial charge on any atom is 0.243 e. The van der Waals surface area contributed by atoms with Crippen LogP contribution in [0.2, 0.25) is 0 Å². The molecule has 1 unspecified atom stereocenters. The number of hydrogen-bond acceptors (Lipinski definition) is 3. The van der Waals surface area contributed by atoms with E-state index in [4.69, 9.17) is 5.26 Å². The Morgan fingerprint density at radius 3 is 2.22 bits per heavy atom. The van der Waals surface area contributed by atoms with Crippen molar-refractivity contribution in [2.75, 3.05) is 6.54 Å². The third kappa shape index (κ3) is 2.89. The van der Waals surface area contributed by atoms with E-state index in [0.29, 0.717) is 12.1 Å². The van der Waals surface area contributed by atoms with Gasteiger partial charge < -0.3 is 0 Å². The van der Waals surface area contributed by atoms with Crippen LogP contribution >= 0.6 is 0 Å². The third-order valence-electron chi connectivity index (χ3n) is 2.98. The molecule has 1 atom stereocenters. The number of nitriles is 1. The molecular formula is C13H18N2O2S. The predicted octanol–water partition coefficient (Wildman–Crippen LogP) is 2.37. The zero-order valence-electron chi connectivity index (χ0n) is 10.9. The highest BCUT2D eigenvalue weighted by atomic mass is 32.2. The van der Waals surface area contributed by atoms with Crippen molar-refractivity contribution in [2.45, 2.75) is 38.1 Å². The number of sulfonamides is 1. The van der Waals surface area contributed by atoms with Crippen molar-refractivity contribution in [3.63, 3.8) is 0 Å². The standard InChI is InChI=1S/C13H18N2O2S/c1-4-11(3)15(5-2)18(16,17)13-8-6-12(10-14)7-9-13/h6-9,11H,4-5H2,1-3H3. The van der Waals surface area contributed by atoms with Gasteiger partial charge in [0.1, 0.15) is 0 Å². The largest absolute Gasteiger partial charge is 0.243 e. The van der Waals surface area contributed by atoms with E-state index in [1.54, 1.807) is 0 Å². The highest BCUT2D eigenvalue weighted by Crippen LogP contribution is 2.19. The Morgan fingerprint density at radius 1 is 1.28 bits per heavy atom. The Labute approximate surface area is 109 Å². The summed E-state index contributed by atoms with van der Waals surface area (Å²) in [6.45, 7) is 6.12. The smallest absolute Gasteiger partial charge is 0.207 e. The molecule has 0 aromatic heterocycles. The summed E-state index contributed by atoms with van der Waals surface area (Å²) in [6, 6.07) is 7.96. The topological polar surface area (TPSA) is 61.2 Å². The highest BCUT2D eigenvalue weighted by molar-refractivity contribution is 7.89. The second-order valence-electron chi connectivity index (χ2n) is 4.10. The van der Waals surface area contributed by atoms with Crippen molar-refractivity contribution in [1.29, 1.82) is 5.26 Å². The number of benzene rings is 1. The van der Waals surface area contributed by atoms with E-state index in [2.05, 4.69) is 0 Å². The molecule has 0 saturated heterocycles. The van der Waals surface area contributed by atoms with Crippen molar-refractivity contribution in [2.24, 2.45) is 0 Å². The summed E-state index contributed by atoms with van der Waals surface area (Å²) in [4.78, 5) is 0.239. The molecule has 0 bridgehead atoms. The summed E-state index contributed by atoms with van der Waals surface area (Å²) in [5, 5.41) is 8.70. The van der Waals surface area contributed by atoms with Gasteiger partial charge in [-0.1, -0.05) is 13.8 Å². The SMILES string of the molecule is CCC(C)N(CC)S(=O)(=O)c1ccc(C#N)cc1. The zero-order chi connectivity index (χ0) is 13.8. The molecule has 98 valence electrons. The molecule has 0 aliphatic heterocycles. The van der Waals surface area contributed by atoms with Crippen molar-refractivity contribution >= 4 is 10.0 Å². The lowest BCUT2D eigenvalue weighted by Gasteiger charge is -2.26. The second kappa shape index (κ2) is 5.98. The van der Waals surface area contributed by atoms with Crippen LogP contribution in [0.25, 0.3) is 0 Å². The average Bonchev–Trinajstić information content (AvgIpc) is 2.39. The third-order valence-corrected chi connectivity index (χ3v) is 5.09. The van der Waals surface area contributed by atoms with Crippen LogP contribution in [0.1, 0.15) is 32.8 Å². The fourth-order valence-electron chi connectivity index (χ4n) is 1.76. The zero-order valence-corrected chi connectivity index (χ0v) is 11.7. The second-order valence-corrected chi connectivity index (χ2v) is 5.99. The van der Waals surface area contributed by atoms with E-state index in [1.165, 1.54) is 28.6 Å². The Morgan fingerprint density at radius 2 is 1.83 bits per heavy atom. The van der Waals surface area contributed by atoms with Crippen LogP contribution in [0.4, 0.5) is 0 Å². The van der Waals surface area contributed by atoms with Gasteiger partial charge in [0.05, 0.1) is 16.5 Å². The minimum Gasteiger partial charge on any atom is -0.207 e. The molecule has 0 fully saturated rings. The number of nitrogens with zero attached hydrogens (tertiary/aromatic N) is 2. The van der Waals surface area contributed by atoms with Crippen molar-refractivity contribution in [1.82, 2.24) is 4.31 Å².